The van der Waals surface area contributed by atoms with Gasteiger partial charge in [0.2, 0.25) is 0 Å². The van der Waals surface area contributed by atoms with Gasteiger partial charge in [-0.15, -0.1) is 0 Å². The molecular formula is C27H32N2O3. The van der Waals surface area contributed by atoms with E-state index in [1.807, 2.05) is 31.7 Å². The summed E-state index contributed by atoms with van der Waals surface area (Å²) in [6.07, 6.45) is 9.66. The van der Waals surface area contributed by atoms with Crippen LogP contribution in [0, 0.1) is 6.92 Å². The average Bonchev–Trinajstić information content (AvgIpc) is 2.90. The average molecular weight is 433 g/mol. The minimum Gasteiger partial charge on any atom is -0.444 e. The molecule has 0 N–H and O–H groups in total. The zero-order valence-electron chi connectivity index (χ0n) is 19.5. The maximum atomic E-state index is 13.0. The molecule has 0 aromatic heterocycles. The highest BCUT2D eigenvalue weighted by Crippen LogP contribution is 2.31. The van der Waals surface area contributed by atoms with Gasteiger partial charge >= 0.3 is 6.09 Å². The molecule has 0 unspecified atom stereocenters. The van der Waals surface area contributed by atoms with Crippen molar-refractivity contribution < 1.29 is 14.3 Å². The van der Waals surface area contributed by atoms with Crippen molar-refractivity contribution >= 4 is 12.0 Å². The third kappa shape index (κ3) is 5.04. The van der Waals surface area contributed by atoms with Crippen LogP contribution >= 0.6 is 0 Å². The van der Waals surface area contributed by atoms with Crippen molar-refractivity contribution in [3.8, 4) is 0 Å². The van der Waals surface area contributed by atoms with Crippen LogP contribution in [0.4, 0.5) is 4.79 Å². The predicted molar refractivity (Wildman–Crippen MR) is 126 cm³/mol. The maximum absolute atomic E-state index is 13.0. The van der Waals surface area contributed by atoms with Crippen LogP contribution < -0.4 is 0 Å². The van der Waals surface area contributed by atoms with Gasteiger partial charge in [0.1, 0.15) is 5.60 Å². The van der Waals surface area contributed by atoms with Gasteiger partial charge in [0.15, 0.2) is 0 Å². The summed E-state index contributed by atoms with van der Waals surface area (Å²) in [4.78, 5) is 29.0. The summed E-state index contributed by atoms with van der Waals surface area (Å²) in [6.45, 7) is 10.2. The second kappa shape index (κ2) is 8.81. The van der Waals surface area contributed by atoms with Crippen molar-refractivity contribution in [3.63, 3.8) is 0 Å². The van der Waals surface area contributed by atoms with Crippen molar-refractivity contribution in [3.05, 3.63) is 82.0 Å². The Balaban J connectivity index is 1.38. The molecule has 0 saturated carbocycles. The number of carbonyl (C=O) groups is 2. The number of rotatable bonds is 3. The summed E-state index contributed by atoms with van der Waals surface area (Å²) >= 11 is 0. The van der Waals surface area contributed by atoms with Crippen LogP contribution in [-0.2, 0) is 16.1 Å². The summed E-state index contributed by atoms with van der Waals surface area (Å²) in [5.74, 6) is 0.111. The van der Waals surface area contributed by atoms with Crippen molar-refractivity contribution in [2.45, 2.75) is 52.7 Å². The highest BCUT2D eigenvalue weighted by molar-refractivity contribution is 6.00. The summed E-state index contributed by atoms with van der Waals surface area (Å²) in [6, 6.07) is 8.36. The molecule has 0 atom stereocenters. The van der Waals surface area contributed by atoms with Crippen molar-refractivity contribution in [2.24, 2.45) is 0 Å². The molecule has 4 rings (SSSR count). The molecule has 2 amide bonds. The Labute approximate surface area is 190 Å². The van der Waals surface area contributed by atoms with E-state index in [4.69, 9.17) is 4.74 Å². The van der Waals surface area contributed by atoms with Gasteiger partial charge in [0.05, 0.1) is 0 Å². The lowest BCUT2D eigenvalue weighted by atomic mass is 9.98. The monoisotopic (exact) mass is 432 g/mol. The van der Waals surface area contributed by atoms with E-state index in [1.165, 1.54) is 16.7 Å². The Morgan fingerprint density at radius 1 is 1.09 bits per heavy atom. The van der Waals surface area contributed by atoms with Crippen molar-refractivity contribution in [1.82, 2.24) is 9.80 Å². The smallest absolute Gasteiger partial charge is 0.410 e. The molecule has 0 radical (unpaired) electrons. The topological polar surface area (TPSA) is 49.9 Å². The number of allylic oxidation sites excluding steroid dienone is 3. The molecule has 2 heterocycles. The van der Waals surface area contributed by atoms with Crippen LogP contribution in [-0.4, -0.2) is 47.0 Å². The number of hydrogen-bond acceptors (Lipinski definition) is 3. The quantitative estimate of drug-likeness (QED) is 0.669. The molecular weight excluding hydrogens is 400 g/mol. The second-order valence-electron chi connectivity index (χ2n) is 9.77. The number of hydrogen-bond donors (Lipinski definition) is 0. The molecule has 0 spiro atoms. The number of benzene rings is 1. The first-order valence-corrected chi connectivity index (χ1v) is 11.3. The Morgan fingerprint density at radius 2 is 1.84 bits per heavy atom. The highest BCUT2D eigenvalue weighted by Gasteiger charge is 2.30. The first-order chi connectivity index (χ1) is 15.2. The van der Waals surface area contributed by atoms with Crippen molar-refractivity contribution in [1.29, 1.82) is 0 Å². The minimum atomic E-state index is -0.486. The fourth-order valence-corrected chi connectivity index (χ4v) is 4.25. The molecule has 1 aromatic carbocycles. The lowest BCUT2D eigenvalue weighted by Gasteiger charge is -2.29. The van der Waals surface area contributed by atoms with Gasteiger partial charge in [-0.25, -0.2) is 4.79 Å². The SMILES string of the molecule is Cc1ccc(CN2CC3=C(C=CC(C4=CCN(C(=O)OC(C)(C)C)CC4)=CC3)C2=O)cc1. The first kappa shape index (κ1) is 22.1. The van der Waals surface area contributed by atoms with Crippen LogP contribution in [0.1, 0.15) is 44.7 Å². The molecule has 0 bridgehead atoms. The third-order valence-corrected chi connectivity index (χ3v) is 6.00. The predicted octanol–water partition coefficient (Wildman–Crippen LogP) is 5.09. The molecule has 0 saturated heterocycles. The molecule has 0 fully saturated rings. The summed E-state index contributed by atoms with van der Waals surface area (Å²) in [5, 5.41) is 0. The third-order valence-electron chi connectivity index (χ3n) is 6.00. The standard InChI is InChI=1S/C27H32N2O3/c1-19-5-7-20(8-6-19)17-29-18-23-10-9-21(11-12-24(23)25(29)30)22-13-15-28(16-14-22)26(31)32-27(2,3)4/h5-9,11-13H,10,14-18H2,1-4H3. The van der Waals surface area contributed by atoms with Gasteiger partial charge in [-0.1, -0.05) is 48.1 Å². The minimum absolute atomic E-state index is 0.111. The molecule has 3 aliphatic rings. The van der Waals surface area contributed by atoms with Gasteiger partial charge in [0.25, 0.3) is 5.91 Å². The van der Waals surface area contributed by atoms with E-state index in [0.29, 0.717) is 26.2 Å². The molecule has 5 nitrogen and oxygen atoms in total. The summed E-state index contributed by atoms with van der Waals surface area (Å²) in [7, 11) is 0. The second-order valence-corrected chi connectivity index (χ2v) is 9.77. The molecule has 32 heavy (non-hydrogen) atoms. The van der Waals surface area contributed by atoms with E-state index in [-0.39, 0.29) is 12.0 Å². The van der Waals surface area contributed by atoms with E-state index in [1.54, 1.807) is 4.90 Å². The number of nitrogens with zero attached hydrogens (tertiary/aromatic N) is 2. The van der Waals surface area contributed by atoms with Gasteiger partial charge in [-0.2, -0.15) is 0 Å². The Morgan fingerprint density at radius 3 is 2.50 bits per heavy atom. The molecule has 1 aromatic rings. The van der Waals surface area contributed by atoms with Crippen LogP contribution in [0.5, 0.6) is 0 Å². The normalized spacial score (nSPS) is 18.9. The number of ether oxygens (including phenoxy) is 1. The zero-order chi connectivity index (χ0) is 22.9. The fraction of sp³-hybridized carbons (Fsp3) is 0.407. The van der Waals surface area contributed by atoms with E-state index in [9.17, 15) is 9.59 Å². The lowest BCUT2D eigenvalue weighted by molar-refractivity contribution is -0.125. The van der Waals surface area contributed by atoms with Crippen molar-refractivity contribution in [2.75, 3.05) is 19.6 Å². The lowest BCUT2D eigenvalue weighted by Crippen LogP contribution is -2.39. The van der Waals surface area contributed by atoms with Crippen LogP contribution in [0.25, 0.3) is 0 Å². The van der Waals surface area contributed by atoms with Crippen LogP contribution in [0.2, 0.25) is 0 Å². The van der Waals surface area contributed by atoms with E-state index in [2.05, 4.69) is 49.4 Å². The summed E-state index contributed by atoms with van der Waals surface area (Å²) in [5.41, 5.74) is 6.29. The van der Waals surface area contributed by atoms with E-state index in [0.717, 1.165) is 29.6 Å². The first-order valence-electron chi connectivity index (χ1n) is 11.3. The fourth-order valence-electron chi connectivity index (χ4n) is 4.25. The van der Waals surface area contributed by atoms with Gasteiger partial charge < -0.3 is 14.5 Å². The largest absolute Gasteiger partial charge is 0.444 e. The number of carbonyl (C=O) groups excluding carboxylic acids is 2. The van der Waals surface area contributed by atoms with Gasteiger partial charge in [-0.05, 0) is 68.9 Å². The molecule has 1 aliphatic carbocycles. The zero-order valence-corrected chi connectivity index (χ0v) is 19.5. The Hall–Kier alpha value is -3.08. The number of amides is 2. The summed E-state index contributed by atoms with van der Waals surface area (Å²) < 4.78 is 5.48. The molecule has 2 aliphatic heterocycles. The Bertz CT molecular complexity index is 1040. The molecule has 168 valence electrons. The van der Waals surface area contributed by atoms with Crippen LogP contribution in [0.15, 0.2) is 70.9 Å². The van der Waals surface area contributed by atoms with Gasteiger partial charge in [-0.3, -0.25) is 4.79 Å². The molecule has 5 heteroatoms. The van der Waals surface area contributed by atoms with E-state index < -0.39 is 5.60 Å². The maximum Gasteiger partial charge on any atom is 0.410 e. The highest BCUT2D eigenvalue weighted by atomic mass is 16.6. The van der Waals surface area contributed by atoms with Gasteiger partial charge in [0, 0.05) is 31.8 Å². The number of aryl methyl sites for hydroxylation is 1. The van der Waals surface area contributed by atoms with Crippen LogP contribution in [0.3, 0.4) is 0 Å². The van der Waals surface area contributed by atoms with E-state index >= 15 is 0 Å². The Kier molecular flexibility index (Phi) is 6.09.